The van der Waals surface area contributed by atoms with E-state index in [9.17, 15) is 0 Å². The first kappa shape index (κ1) is 18.0. The summed E-state index contributed by atoms with van der Waals surface area (Å²) in [6.45, 7) is 0. The van der Waals surface area contributed by atoms with Crippen LogP contribution in [0.2, 0.25) is 0 Å². The minimum absolute atomic E-state index is 0. The summed E-state index contributed by atoms with van der Waals surface area (Å²) < 4.78 is 0. The van der Waals surface area contributed by atoms with Crippen molar-refractivity contribution >= 4 is 12.4 Å². The van der Waals surface area contributed by atoms with Gasteiger partial charge in [-0.15, -0.1) is 12.4 Å². The number of hydrogen-bond acceptors (Lipinski definition) is 1. The number of halogens is 1. The summed E-state index contributed by atoms with van der Waals surface area (Å²) in [4.78, 5) is 2.41. The van der Waals surface area contributed by atoms with E-state index in [0.717, 1.165) is 0 Å². The molecule has 0 amide bonds. The van der Waals surface area contributed by atoms with Crippen LogP contribution in [0.15, 0.2) is 60.7 Å². The zero-order valence-corrected chi connectivity index (χ0v) is 15.1. The lowest BCUT2D eigenvalue weighted by atomic mass is 9.69. The molecule has 0 bridgehead atoms. The molecule has 2 aromatic rings. The van der Waals surface area contributed by atoms with E-state index in [2.05, 4.69) is 79.7 Å². The average molecular weight is 330 g/mol. The van der Waals surface area contributed by atoms with Gasteiger partial charge < -0.3 is 4.90 Å². The Morgan fingerprint density at radius 3 is 1.78 bits per heavy atom. The predicted octanol–water partition coefficient (Wildman–Crippen LogP) is 5.29. The van der Waals surface area contributed by atoms with E-state index in [4.69, 9.17) is 0 Å². The molecule has 1 fully saturated rings. The van der Waals surface area contributed by atoms with Crippen molar-refractivity contribution in [2.45, 2.75) is 43.6 Å². The Kier molecular flexibility index (Phi) is 6.26. The van der Waals surface area contributed by atoms with E-state index in [0.29, 0.717) is 6.04 Å². The highest BCUT2D eigenvalue weighted by atomic mass is 35.5. The minimum Gasteiger partial charge on any atom is -0.306 e. The summed E-state index contributed by atoms with van der Waals surface area (Å²) in [5.74, 6) is 0. The fourth-order valence-electron chi connectivity index (χ4n) is 4.10. The standard InChI is InChI=1S/C21H27N.ClH/c1-22(2)20-14-9-16-21(17-15-20,18-10-5-3-6-11-18)19-12-7-4-8-13-19;/h3-8,10-13,20H,9,14-17H2,1-2H3;1H. The van der Waals surface area contributed by atoms with Crippen LogP contribution in [0.4, 0.5) is 0 Å². The molecule has 0 N–H and O–H groups in total. The monoisotopic (exact) mass is 329 g/mol. The zero-order chi connectivity index (χ0) is 15.4. The van der Waals surface area contributed by atoms with Gasteiger partial charge in [-0.25, -0.2) is 0 Å². The lowest BCUT2D eigenvalue weighted by Crippen LogP contribution is -2.30. The molecule has 0 aliphatic heterocycles. The zero-order valence-electron chi connectivity index (χ0n) is 14.2. The van der Waals surface area contributed by atoms with Gasteiger partial charge >= 0.3 is 0 Å². The quantitative estimate of drug-likeness (QED) is 0.692. The van der Waals surface area contributed by atoms with Gasteiger partial charge in [0, 0.05) is 11.5 Å². The molecular weight excluding hydrogens is 302 g/mol. The smallest absolute Gasteiger partial charge is 0.0203 e. The molecule has 0 radical (unpaired) electrons. The van der Waals surface area contributed by atoms with Crippen LogP contribution in [-0.4, -0.2) is 25.0 Å². The van der Waals surface area contributed by atoms with Crippen molar-refractivity contribution < 1.29 is 0 Å². The molecule has 2 heteroatoms. The highest BCUT2D eigenvalue weighted by Crippen LogP contribution is 2.44. The van der Waals surface area contributed by atoms with Crippen molar-refractivity contribution in [2.24, 2.45) is 0 Å². The lowest BCUT2D eigenvalue weighted by Gasteiger charge is -2.35. The Labute approximate surface area is 147 Å². The van der Waals surface area contributed by atoms with Gasteiger partial charge in [0.1, 0.15) is 0 Å². The summed E-state index contributed by atoms with van der Waals surface area (Å²) in [6.07, 6.45) is 6.38. The second-order valence-electron chi connectivity index (χ2n) is 6.86. The SMILES string of the molecule is CN(C)C1CCCC(c2ccccc2)(c2ccccc2)CC1.Cl. The molecule has 1 aliphatic carbocycles. The van der Waals surface area contributed by atoms with Gasteiger partial charge in [-0.1, -0.05) is 67.1 Å². The predicted molar refractivity (Wildman–Crippen MR) is 101 cm³/mol. The maximum Gasteiger partial charge on any atom is 0.0203 e. The van der Waals surface area contributed by atoms with E-state index in [1.165, 1.54) is 43.2 Å². The van der Waals surface area contributed by atoms with E-state index < -0.39 is 0 Å². The molecule has 124 valence electrons. The highest BCUT2D eigenvalue weighted by Gasteiger charge is 2.36. The molecular formula is C21H28ClN. The van der Waals surface area contributed by atoms with E-state index >= 15 is 0 Å². The lowest BCUT2D eigenvalue weighted by molar-refractivity contribution is 0.264. The largest absolute Gasteiger partial charge is 0.306 e. The van der Waals surface area contributed by atoms with E-state index in [-0.39, 0.29) is 17.8 Å². The van der Waals surface area contributed by atoms with Gasteiger partial charge in [0.2, 0.25) is 0 Å². The van der Waals surface area contributed by atoms with Crippen molar-refractivity contribution in [3.8, 4) is 0 Å². The van der Waals surface area contributed by atoms with Gasteiger partial charge in [0.15, 0.2) is 0 Å². The third kappa shape index (κ3) is 3.79. The first-order valence-corrected chi connectivity index (χ1v) is 8.50. The van der Waals surface area contributed by atoms with E-state index in [1.807, 2.05) is 0 Å². The summed E-state index contributed by atoms with van der Waals surface area (Å²) in [5.41, 5.74) is 3.16. The fourth-order valence-corrected chi connectivity index (χ4v) is 4.10. The van der Waals surface area contributed by atoms with Crippen LogP contribution in [0.5, 0.6) is 0 Å². The maximum atomic E-state index is 2.41. The normalized spacial score (nSPS) is 20.6. The molecule has 0 heterocycles. The Morgan fingerprint density at radius 2 is 1.30 bits per heavy atom. The van der Waals surface area contributed by atoms with Gasteiger partial charge in [0.25, 0.3) is 0 Å². The van der Waals surface area contributed by atoms with Gasteiger partial charge in [-0.05, 0) is 50.9 Å². The molecule has 23 heavy (non-hydrogen) atoms. The molecule has 3 rings (SSSR count). The summed E-state index contributed by atoms with van der Waals surface area (Å²) >= 11 is 0. The third-order valence-electron chi connectivity index (χ3n) is 5.43. The Morgan fingerprint density at radius 1 is 0.783 bits per heavy atom. The second-order valence-corrected chi connectivity index (χ2v) is 6.86. The molecule has 1 saturated carbocycles. The topological polar surface area (TPSA) is 3.24 Å². The van der Waals surface area contributed by atoms with Crippen LogP contribution in [0.1, 0.15) is 43.2 Å². The van der Waals surface area contributed by atoms with Crippen LogP contribution < -0.4 is 0 Å². The van der Waals surface area contributed by atoms with Crippen LogP contribution in [0, 0.1) is 0 Å². The van der Waals surface area contributed by atoms with Gasteiger partial charge in [-0.3, -0.25) is 0 Å². The van der Waals surface area contributed by atoms with Crippen LogP contribution in [0.3, 0.4) is 0 Å². The number of benzene rings is 2. The van der Waals surface area contributed by atoms with Crippen molar-refractivity contribution in [1.82, 2.24) is 4.90 Å². The highest BCUT2D eigenvalue weighted by molar-refractivity contribution is 5.85. The summed E-state index contributed by atoms with van der Waals surface area (Å²) in [6, 6.07) is 23.0. The molecule has 1 unspecified atom stereocenters. The molecule has 0 spiro atoms. The molecule has 1 nitrogen and oxygen atoms in total. The number of hydrogen-bond donors (Lipinski definition) is 0. The molecule has 1 aliphatic rings. The van der Waals surface area contributed by atoms with Crippen LogP contribution >= 0.6 is 12.4 Å². The Hall–Kier alpha value is -1.31. The maximum absolute atomic E-state index is 2.41. The van der Waals surface area contributed by atoms with Crippen LogP contribution in [0.25, 0.3) is 0 Å². The number of nitrogens with zero attached hydrogens (tertiary/aromatic N) is 1. The average Bonchev–Trinajstić information content (AvgIpc) is 2.80. The van der Waals surface area contributed by atoms with Gasteiger partial charge in [0.05, 0.1) is 0 Å². The van der Waals surface area contributed by atoms with Gasteiger partial charge in [-0.2, -0.15) is 0 Å². The first-order valence-electron chi connectivity index (χ1n) is 8.50. The molecule has 0 aromatic heterocycles. The molecule has 2 aromatic carbocycles. The van der Waals surface area contributed by atoms with Crippen molar-refractivity contribution in [1.29, 1.82) is 0 Å². The van der Waals surface area contributed by atoms with Crippen molar-refractivity contribution in [3.05, 3.63) is 71.8 Å². The van der Waals surface area contributed by atoms with Crippen molar-refractivity contribution in [2.75, 3.05) is 14.1 Å². The third-order valence-corrected chi connectivity index (χ3v) is 5.43. The van der Waals surface area contributed by atoms with E-state index in [1.54, 1.807) is 0 Å². The Bertz CT molecular complexity index is 540. The Balaban J connectivity index is 0.00000192. The summed E-state index contributed by atoms with van der Waals surface area (Å²) in [7, 11) is 4.45. The number of rotatable bonds is 3. The fraction of sp³-hybridized carbons (Fsp3) is 0.429. The molecule has 1 atom stereocenters. The first-order chi connectivity index (χ1) is 10.7. The van der Waals surface area contributed by atoms with Crippen LogP contribution in [-0.2, 0) is 5.41 Å². The molecule has 0 saturated heterocycles. The van der Waals surface area contributed by atoms with Crippen molar-refractivity contribution in [3.63, 3.8) is 0 Å². The summed E-state index contributed by atoms with van der Waals surface area (Å²) in [5, 5.41) is 0. The minimum atomic E-state index is 0. The second kappa shape index (κ2) is 7.99.